The van der Waals surface area contributed by atoms with E-state index in [1.54, 1.807) is 10.9 Å². The number of para-hydroxylation sites is 1. The van der Waals surface area contributed by atoms with Gasteiger partial charge in [-0.05, 0) is 18.2 Å². The molecule has 0 spiro atoms. The predicted molar refractivity (Wildman–Crippen MR) is 76.1 cm³/mol. The van der Waals surface area contributed by atoms with Crippen LogP contribution in [0.4, 0.5) is 0 Å². The molecular formula is C15H14N4O. The van der Waals surface area contributed by atoms with E-state index in [0.29, 0.717) is 12.2 Å². The van der Waals surface area contributed by atoms with Crippen LogP contribution in [0.25, 0.3) is 10.9 Å². The number of nitrogens with one attached hydrogen (secondary N) is 1. The van der Waals surface area contributed by atoms with Crippen molar-refractivity contribution in [3.05, 3.63) is 60.0 Å². The van der Waals surface area contributed by atoms with E-state index >= 15 is 0 Å². The molecule has 1 aromatic carbocycles. The van der Waals surface area contributed by atoms with E-state index < -0.39 is 0 Å². The third kappa shape index (κ3) is 2.25. The molecule has 0 bridgehead atoms. The van der Waals surface area contributed by atoms with Gasteiger partial charge >= 0.3 is 0 Å². The van der Waals surface area contributed by atoms with E-state index in [1.165, 1.54) is 0 Å². The number of hydrogen-bond acceptors (Lipinski definition) is 3. The Labute approximate surface area is 116 Å². The van der Waals surface area contributed by atoms with Crippen LogP contribution in [0.3, 0.4) is 0 Å². The number of benzene rings is 1. The first kappa shape index (κ1) is 12.3. The van der Waals surface area contributed by atoms with Gasteiger partial charge in [-0.2, -0.15) is 5.10 Å². The number of amides is 1. The maximum absolute atomic E-state index is 12.2. The number of pyridine rings is 1. The Balaban J connectivity index is 1.83. The largest absolute Gasteiger partial charge is 0.345 e. The second kappa shape index (κ2) is 5.13. The number of carbonyl (C=O) groups is 1. The van der Waals surface area contributed by atoms with Crippen molar-refractivity contribution in [2.75, 3.05) is 0 Å². The van der Waals surface area contributed by atoms with Crippen molar-refractivity contribution in [2.24, 2.45) is 7.05 Å². The lowest BCUT2D eigenvalue weighted by molar-refractivity contribution is 0.0946. The lowest BCUT2D eigenvalue weighted by atomic mass is 10.2. The molecular weight excluding hydrogens is 252 g/mol. The van der Waals surface area contributed by atoms with Gasteiger partial charge in [-0.3, -0.25) is 14.5 Å². The van der Waals surface area contributed by atoms with Gasteiger partial charge in [0.05, 0.1) is 17.8 Å². The summed E-state index contributed by atoms with van der Waals surface area (Å²) in [4.78, 5) is 16.4. The molecule has 0 fully saturated rings. The van der Waals surface area contributed by atoms with E-state index in [-0.39, 0.29) is 5.91 Å². The molecule has 0 aliphatic heterocycles. The minimum atomic E-state index is -0.188. The quantitative estimate of drug-likeness (QED) is 0.787. The van der Waals surface area contributed by atoms with Gasteiger partial charge in [-0.1, -0.05) is 24.3 Å². The molecule has 0 saturated heterocycles. The van der Waals surface area contributed by atoms with Crippen LogP contribution in [0.1, 0.15) is 16.2 Å². The maximum atomic E-state index is 12.2. The summed E-state index contributed by atoms with van der Waals surface area (Å²) in [6.07, 6.45) is 1.71. The average Bonchev–Trinajstić information content (AvgIpc) is 2.84. The Morgan fingerprint density at radius 2 is 2.00 bits per heavy atom. The molecule has 0 radical (unpaired) electrons. The monoisotopic (exact) mass is 266 g/mol. The molecule has 3 aromatic rings. The summed E-state index contributed by atoms with van der Waals surface area (Å²) < 4.78 is 1.71. The van der Waals surface area contributed by atoms with Gasteiger partial charge in [0.1, 0.15) is 0 Å². The summed E-state index contributed by atoms with van der Waals surface area (Å²) >= 11 is 0. The number of nitrogens with zero attached hydrogens (tertiary/aromatic N) is 3. The SMILES string of the molecule is Cn1nc(C(=O)NCc2ccccn2)c2ccccc21. The summed E-state index contributed by atoms with van der Waals surface area (Å²) in [5, 5.41) is 7.98. The standard InChI is InChI=1S/C15H14N4O/c1-19-13-8-3-2-7-12(13)14(18-19)15(20)17-10-11-6-4-5-9-16-11/h2-9H,10H2,1H3,(H,17,20). The van der Waals surface area contributed by atoms with Crippen LogP contribution in [0, 0.1) is 0 Å². The number of fused-ring (bicyclic) bond motifs is 1. The minimum absolute atomic E-state index is 0.188. The molecule has 5 heteroatoms. The zero-order valence-corrected chi connectivity index (χ0v) is 11.1. The van der Waals surface area contributed by atoms with Crippen LogP contribution in [-0.2, 0) is 13.6 Å². The van der Waals surface area contributed by atoms with Gasteiger partial charge in [0, 0.05) is 18.6 Å². The smallest absolute Gasteiger partial charge is 0.272 e. The molecule has 0 unspecified atom stereocenters. The van der Waals surface area contributed by atoms with Crippen LogP contribution < -0.4 is 5.32 Å². The molecule has 1 amide bonds. The summed E-state index contributed by atoms with van der Waals surface area (Å²) in [6, 6.07) is 13.3. The van der Waals surface area contributed by atoms with Crippen molar-refractivity contribution in [1.29, 1.82) is 0 Å². The first-order valence-electron chi connectivity index (χ1n) is 6.35. The number of rotatable bonds is 3. The van der Waals surface area contributed by atoms with Crippen molar-refractivity contribution in [1.82, 2.24) is 20.1 Å². The molecule has 5 nitrogen and oxygen atoms in total. The zero-order valence-electron chi connectivity index (χ0n) is 11.1. The predicted octanol–water partition coefficient (Wildman–Crippen LogP) is 1.90. The number of carbonyl (C=O) groups excluding carboxylic acids is 1. The number of hydrogen-bond donors (Lipinski definition) is 1. The lowest BCUT2D eigenvalue weighted by Crippen LogP contribution is -2.24. The number of aryl methyl sites for hydroxylation is 1. The van der Waals surface area contributed by atoms with Crippen molar-refractivity contribution in [3.8, 4) is 0 Å². The van der Waals surface area contributed by atoms with Gasteiger partial charge in [-0.15, -0.1) is 0 Å². The zero-order chi connectivity index (χ0) is 13.9. The fraction of sp³-hybridized carbons (Fsp3) is 0.133. The average molecular weight is 266 g/mol. The highest BCUT2D eigenvalue weighted by molar-refractivity contribution is 6.04. The molecule has 0 aliphatic rings. The molecule has 20 heavy (non-hydrogen) atoms. The third-order valence-electron chi connectivity index (χ3n) is 3.13. The first-order valence-corrected chi connectivity index (χ1v) is 6.35. The Bertz CT molecular complexity index is 749. The molecule has 0 saturated carbocycles. The summed E-state index contributed by atoms with van der Waals surface area (Å²) in [7, 11) is 1.83. The summed E-state index contributed by atoms with van der Waals surface area (Å²) in [6.45, 7) is 0.393. The molecule has 2 heterocycles. The Morgan fingerprint density at radius 1 is 1.20 bits per heavy atom. The molecule has 1 N–H and O–H groups in total. The molecule has 2 aromatic heterocycles. The van der Waals surface area contributed by atoms with Crippen LogP contribution in [0.5, 0.6) is 0 Å². The summed E-state index contributed by atoms with van der Waals surface area (Å²) in [5.74, 6) is -0.188. The van der Waals surface area contributed by atoms with Crippen molar-refractivity contribution in [3.63, 3.8) is 0 Å². The molecule has 3 rings (SSSR count). The highest BCUT2D eigenvalue weighted by Crippen LogP contribution is 2.17. The van der Waals surface area contributed by atoms with E-state index in [2.05, 4.69) is 15.4 Å². The Hall–Kier alpha value is -2.69. The van der Waals surface area contributed by atoms with Gasteiger partial charge in [0.25, 0.3) is 5.91 Å². The van der Waals surface area contributed by atoms with E-state index in [0.717, 1.165) is 16.6 Å². The fourth-order valence-corrected chi connectivity index (χ4v) is 2.14. The second-order valence-electron chi connectivity index (χ2n) is 4.49. The van der Waals surface area contributed by atoms with E-state index in [1.807, 2.05) is 49.5 Å². The molecule has 0 aliphatic carbocycles. The molecule has 0 atom stereocenters. The lowest BCUT2D eigenvalue weighted by Gasteiger charge is -2.02. The second-order valence-corrected chi connectivity index (χ2v) is 4.49. The van der Waals surface area contributed by atoms with Gasteiger partial charge in [-0.25, -0.2) is 0 Å². The van der Waals surface area contributed by atoms with Crippen molar-refractivity contribution >= 4 is 16.8 Å². The van der Waals surface area contributed by atoms with Crippen LogP contribution in [0.15, 0.2) is 48.7 Å². The van der Waals surface area contributed by atoms with Crippen LogP contribution >= 0.6 is 0 Å². The van der Waals surface area contributed by atoms with Gasteiger partial charge in [0.2, 0.25) is 0 Å². The highest BCUT2D eigenvalue weighted by atomic mass is 16.1. The highest BCUT2D eigenvalue weighted by Gasteiger charge is 2.15. The van der Waals surface area contributed by atoms with E-state index in [4.69, 9.17) is 0 Å². The van der Waals surface area contributed by atoms with Crippen molar-refractivity contribution in [2.45, 2.75) is 6.54 Å². The first-order chi connectivity index (χ1) is 9.75. The third-order valence-corrected chi connectivity index (χ3v) is 3.13. The van der Waals surface area contributed by atoms with Crippen LogP contribution in [-0.4, -0.2) is 20.7 Å². The Kier molecular flexibility index (Phi) is 3.16. The molecule has 100 valence electrons. The Morgan fingerprint density at radius 3 is 2.80 bits per heavy atom. The summed E-state index contributed by atoms with van der Waals surface area (Å²) in [5.41, 5.74) is 2.20. The maximum Gasteiger partial charge on any atom is 0.272 e. The normalized spacial score (nSPS) is 10.7. The topological polar surface area (TPSA) is 59.8 Å². The van der Waals surface area contributed by atoms with Gasteiger partial charge in [0.15, 0.2) is 5.69 Å². The van der Waals surface area contributed by atoms with Crippen LogP contribution in [0.2, 0.25) is 0 Å². The van der Waals surface area contributed by atoms with Gasteiger partial charge < -0.3 is 5.32 Å². The minimum Gasteiger partial charge on any atom is -0.345 e. The fourth-order valence-electron chi connectivity index (χ4n) is 2.14. The van der Waals surface area contributed by atoms with Crippen molar-refractivity contribution < 1.29 is 4.79 Å². The van der Waals surface area contributed by atoms with E-state index in [9.17, 15) is 4.79 Å². The number of aromatic nitrogens is 3.